The summed E-state index contributed by atoms with van der Waals surface area (Å²) in [5.41, 5.74) is 9.76. The van der Waals surface area contributed by atoms with Crippen molar-refractivity contribution in [2.75, 3.05) is 23.7 Å². The van der Waals surface area contributed by atoms with Crippen molar-refractivity contribution in [3.05, 3.63) is 30.5 Å². The molecule has 1 aliphatic heterocycles. The zero-order chi connectivity index (χ0) is 14.3. The normalized spacial score (nSPS) is 21.2. The molecule has 2 aliphatic rings. The Balaban J connectivity index is 1.64. The molecule has 0 radical (unpaired) electrons. The highest BCUT2D eigenvalue weighted by atomic mass is 15.1. The molecule has 1 aliphatic carbocycles. The number of anilines is 2. The minimum absolute atomic E-state index is 0.665. The molecule has 2 heterocycles. The van der Waals surface area contributed by atoms with E-state index in [1.54, 1.807) is 0 Å². The standard InChI is InChI=1S/C18H23N3/c19-15-5-6-16(14-4-3-11-20-17(14)15)21-12-9-18(10-13-21)7-1-2-8-18/h3-6,11H,1-2,7-10,12-13,19H2. The average molecular weight is 281 g/mol. The Labute approximate surface area is 126 Å². The number of fused-ring (bicyclic) bond motifs is 1. The van der Waals surface area contributed by atoms with E-state index in [9.17, 15) is 0 Å². The van der Waals surface area contributed by atoms with Gasteiger partial charge in [0, 0.05) is 30.4 Å². The number of nitrogen functional groups attached to an aromatic ring is 1. The molecule has 4 rings (SSSR count). The van der Waals surface area contributed by atoms with Gasteiger partial charge in [-0.25, -0.2) is 0 Å². The summed E-state index contributed by atoms with van der Waals surface area (Å²) in [6.07, 6.45) is 10.3. The van der Waals surface area contributed by atoms with E-state index < -0.39 is 0 Å². The van der Waals surface area contributed by atoms with Crippen molar-refractivity contribution in [2.45, 2.75) is 38.5 Å². The smallest absolute Gasteiger partial charge is 0.0951 e. The number of rotatable bonds is 1. The summed E-state index contributed by atoms with van der Waals surface area (Å²) in [4.78, 5) is 6.99. The van der Waals surface area contributed by atoms with Crippen molar-refractivity contribution >= 4 is 22.3 Å². The Kier molecular flexibility index (Phi) is 3.02. The first-order valence-electron chi connectivity index (χ1n) is 8.16. The third kappa shape index (κ3) is 2.15. The predicted octanol–water partition coefficient (Wildman–Crippen LogP) is 3.98. The molecule has 21 heavy (non-hydrogen) atoms. The largest absolute Gasteiger partial charge is 0.397 e. The van der Waals surface area contributed by atoms with Crippen LogP contribution >= 0.6 is 0 Å². The molecule has 1 aromatic carbocycles. The number of aromatic nitrogens is 1. The first-order valence-corrected chi connectivity index (χ1v) is 8.16. The van der Waals surface area contributed by atoms with E-state index >= 15 is 0 Å². The number of piperidine rings is 1. The maximum absolute atomic E-state index is 6.07. The van der Waals surface area contributed by atoms with Gasteiger partial charge >= 0.3 is 0 Å². The van der Waals surface area contributed by atoms with Gasteiger partial charge in [0.15, 0.2) is 0 Å². The van der Waals surface area contributed by atoms with Crippen molar-refractivity contribution in [1.82, 2.24) is 4.98 Å². The Morgan fingerprint density at radius 2 is 1.76 bits per heavy atom. The van der Waals surface area contributed by atoms with Crippen LogP contribution in [0.25, 0.3) is 10.9 Å². The van der Waals surface area contributed by atoms with E-state index in [0.29, 0.717) is 5.41 Å². The highest BCUT2D eigenvalue weighted by molar-refractivity contribution is 5.98. The Hall–Kier alpha value is -1.77. The van der Waals surface area contributed by atoms with Crippen LogP contribution in [0, 0.1) is 5.41 Å². The third-order valence-corrected chi connectivity index (χ3v) is 5.61. The van der Waals surface area contributed by atoms with Crippen LogP contribution in [0.3, 0.4) is 0 Å². The fourth-order valence-electron chi connectivity index (χ4n) is 4.30. The second-order valence-electron chi connectivity index (χ2n) is 6.77. The molecule has 0 amide bonds. The molecule has 3 heteroatoms. The predicted molar refractivity (Wildman–Crippen MR) is 88.5 cm³/mol. The molecule has 1 saturated carbocycles. The maximum atomic E-state index is 6.07. The van der Waals surface area contributed by atoms with Crippen LogP contribution < -0.4 is 10.6 Å². The molecule has 1 saturated heterocycles. The zero-order valence-corrected chi connectivity index (χ0v) is 12.5. The topological polar surface area (TPSA) is 42.1 Å². The number of pyridine rings is 1. The second-order valence-corrected chi connectivity index (χ2v) is 6.77. The lowest BCUT2D eigenvalue weighted by Gasteiger charge is -2.40. The van der Waals surface area contributed by atoms with Gasteiger partial charge in [-0.15, -0.1) is 0 Å². The molecule has 2 N–H and O–H groups in total. The molecule has 1 spiro atoms. The maximum Gasteiger partial charge on any atom is 0.0951 e. The van der Waals surface area contributed by atoms with Crippen LogP contribution in [0.4, 0.5) is 11.4 Å². The highest BCUT2D eigenvalue weighted by Crippen LogP contribution is 2.47. The van der Waals surface area contributed by atoms with Gasteiger partial charge in [-0.05, 0) is 55.4 Å². The fraction of sp³-hybridized carbons (Fsp3) is 0.500. The Morgan fingerprint density at radius 1 is 1.00 bits per heavy atom. The van der Waals surface area contributed by atoms with Crippen molar-refractivity contribution in [1.29, 1.82) is 0 Å². The van der Waals surface area contributed by atoms with Crippen LogP contribution in [-0.2, 0) is 0 Å². The van der Waals surface area contributed by atoms with Gasteiger partial charge in [0.05, 0.1) is 11.2 Å². The van der Waals surface area contributed by atoms with Gasteiger partial charge in [0.1, 0.15) is 0 Å². The van der Waals surface area contributed by atoms with Crippen LogP contribution in [0.1, 0.15) is 38.5 Å². The van der Waals surface area contributed by atoms with Gasteiger partial charge in [-0.2, -0.15) is 0 Å². The third-order valence-electron chi connectivity index (χ3n) is 5.61. The number of benzene rings is 1. The summed E-state index contributed by atoms with van der Waals surface area (Å²) in [6, 6.07) is 8.33. The quantitative estimate of drug-likeness (QED) is 0.804. The van der Waals surface area contributed by atoms with Gasteiger partial charge in [0.25, 0.3) is 0 Å². The average Bonchev–Trinajstić information content (AvgIpc) is 2.98. The molecule has 2 fully saturated rings. The molecular formula is C18H23N3. The monoisotopic (exact) mass is 281 g/mol. The van der Waals surface area contributed by atoms with Gasteiger partial charge in [-0.3, -0.25) is 4.98 Å². The number of nitrogens with two attached hydrogens (primary N) is 1. The summed E-state index contributed by atoms with van der Waals surface area (Å²) >= 11 is 0. The van der Waals surface area contributed by atoms with E-state index in [1.807, 2.05) is 18.3 Å². The molecule has 0 bridgehead atoms. The Morgan fingerprint density at radius 3 is 2.52 bits per heavy atom. The first-order chi connectivity index (χ1) is 10.3. The Bertz CT molecular complexity index is 649. The van der Waals surface area contributed by atoms with Crippen LogP contribution in [0.5, 0.6) is 0 Å². The minimum Gasteiger partial charge on any atom is -0.397 e. The van der Waals surface area contributed by atoms with Crippen molar-refractivity contribution in [2.24, 2.45) is 5.41 Å². The van der Waals surface area contributed by atoms with E-state index in [2.05, 4.69) is 22.0 Å². The molecule has 110 valence electrons. The fourth-order valence-corrected chi connectivity index (χ4v) is 4.30. The van der Waals surface area contributed by atoms with Crippen molar-refractivity contribution < 1.29 is 0 Å². The number of hydrogen-bond donors (Lipinski definition) is 1. The lowest BCUT2D eigenvalue weighted by molar-refractivity contribution is 0.227. The van der Waals surface area contributed by atoms with Gasteiger partial charge in [-0.1, -0.05) is 12.8 Å². The summed E-state index contributed by atoms with van der Waals surface area (Å²) in [7, 11) is 0. The first kappa shape index (κ1) is 12.9. The summed E-state index contributed by atoms with van der Waals surface area (Å²) in [6.45, 7) is 2.35. The van der Waals surface area contributed by atoms with E-state index in [4.69, 9.17) is 5.73 Å². The molecule has 3 nitrogen and oxygen atoms in total. The summed E-state index contributed by atoms with van der Waals surface area (Å²) in [5, 5.41) is 1.19. The lowest BCUT2D eigenvalue weighted by Crippen LogP contribution is -2.38. The minimum atomic E-state index is 0.665. The van der Waals surface area contributed by atoms with Crippen molar-refractivity contribution in [3.8, 4) is 0 Å². The molecular weight excluding hydrogens is 258 g/mol. The number of nitrogens with zero attached hydrogens (tertiary/aromatic N) is 2. The number of hydrogen-bond acceptors (Lipinski definition) is 3. The lowest BCUT2D eigenvalue weighted by atomic mass is 9.77. The van der Waals surface area contributed by atoms with Gasteiger partial charge in [0.2, 0.25) is 0 Å². The van der Waals surface area contributed by atoms with E-state index in [0.717, 1.165) is 11.2 Å². The van der Waals surface area contributed by atoms with E-state index in [1.165, 1.54) is 62.7 Å². The molecule has 2 aromatic rings. The van der Waals surface area contributed by atoms with Crippen LogP contribution in [-0.4, -0.2) is 18.1 Å². The summed E-state index contributed by atoms with van der Waals surface area (Å²) in [5.74, 6) is 0. The SMILES string of the molecule is Nc1ccc(N2CCC3(CCCC3)CC2)c2cccnc12. The van der Waals surface area contributed by atoms with Crippen LogP contribution in [0.2, 0.25) is 0 Å². The highest BCUT2D eigenvalue weighted by Gasteiger charge is 2.37. The summed E-state index contributed by atoms with van der Waals surface area (Å²) < 4.78 is 0. The van der Waals surface area contributed by atoms with Crippen LogP contribution in [0.15, 0.2) is 30.5 Å². The zero-order valence-electron chi connectivity index (χ0n) is 12.5. The van der Waals surface area contributed by atoms with Crippen molar-refractivity contribution in [3.63, 3.8) is 0 Å². The molecule has 0 atom stereocenters. The molecule has 0 unspecified atom stereocenters. The van der Waals surface area contributed by atoms with Gasteiger partial charge < -0.3 is 10.6 Å². The molecule has 1 aromatic heterocycles. The second kappa shape index (κ2) is 4.90. The van der Waals surface area contributed by atoms with E-state index in [-0.39, 0.29) is 0 Å².